The molecule has 190 valence electrons. The number of nitriles is 1. The van der Waals surface area contributed by atoms with E-state index in [0.29, 0.717) is 11.6 Å². The van der Waals surface area contributed by atoms with Gasteiger partial charge in [0, 0.05) is 51.0 Å². The van der Waals surface area contributed by atoms with E-state index in [0.717, 1.165) is 63.2 Å². The summed E-state index contributed by atoms with van der Waals surface area (Å²) in [7, 11) is 0. The number of likely N-dealkylation sites (tertiary alicyclic amines) is 1. The number of piperazine rings is 1. The van der Waals surface area contributed by atoms with Crippen molar-refractivity contribution in [1.29, 1.82) is 5.26 Å². The number of carbonyl (C=O) groups excluding carboxylic acids is 1. The van der Waals surface area contributed by atoms with Gasteiger partial charge in [0.1, 0.15) is 11.6 Å². The van der Waals surface area contributed by atoms with Gasteiger partial charge in [-0.1, -0.05) is 36.9 Å². The van der Waals surface area contributed by atoms with Crippen molar-refractivity contribution >= 4 is 17.2 Å². The Labute approximate surface area is 215 Å². The number of rotatable bonds is 6. The molecule has 0 amide bonds. The second-order valence-electron chi connectivity index (χ2n) is 10.8. The summed E-state index contributed by atoms with van der Waals surface area (Å²) in [5.74, 6) is -0.217. The lowest BCUT2D eigenvalue weighted by molar-refractivity contribution is -0.159. The molecule has 2 aliphatic rings. The first-order valence-electron chi connectivity index (χ1n) is 13.0. The van der Waals surface area contributed by atoms with Gasteiger partial charge in [-0.05, 0) is 69.0 Å². The van der Waals surface area contributed by atoms with Gasteiger partial charge in [-0.25, -0.2) is 4.79 Å². The third-order valence-corrected chi connectivity index (χ3v) is 7.16. The average molecular weight is 487 g/mol. The topological polar surface area (TPSA) is 59.8 Å². The molecule has 1 unspecified atom stereocenters. The van der Waals surface area contributed by atoms with Gasteiger partial charge in [-0.15, -0.1) is 0 Å². The minimum absolute atomic E-state index is 0.217. The standard InChI is InChI=1S/C30H38N4O2/c1-23(25-8-6-5-7-9-25)28(29(35)36-30(2,3)4)34-16-14-27(15-17-34)33-20-18-32(19-21-33)26-12-10-24(22-31)11-13-26/h5-13,27-28H,1,14-21H2,2-4H3. The van der Waals surface area contributed by atoms with Crippen molar-refractivity contribution in [3.63, 3.8) is 0 Å². The largest absolute Gasteiger partial charge is 0.459 e. The predicted octanol–water partition coefficient (Wildman–Crippen LogP) is 4.57. The summed E-state index contributed by atoms with van der Waals surface area (Å²) in [4.78, 5) is 20.6. The van der Waals surface area contributed by atoms with E-state index in [2.05, 4.69) is 27.3 Å². The van der Waals surface area contributed by atoms with Crippen LogP contribution in [0.3, 0.4) is 0 Å². The molecule has 2 fully saturated rings. The van der Waals surface area contributed by atoms with Gasteiger partial charge in [-0.2, -0.15) is 5.26 Å². The maximum Gasteiger partial charge on any atom is 0.328 e. The van der Waals surface area contributed by atoms with Crippen LogP contribution in [0, 0.1) is 11.3 Å². The molecule has 1 atom stereocenters. The second-order valence-corrected chi connectivity index (χ2v) is 10.8. The van der Waals surface area contributed by atoms with E-state index in [1.54, 1.807) is 0 Å². The molecule has 2 aliphatic heterocycles. The van der Waals surface area contributed by atoms with Crippen LogP contribution >= 0.6 is 0 Å². The lowest BCUT2D eigenvalue weighted by Gasteiger charge is -2.44. The minimum atomic E-state index is -0.542. The fourth-order valence-electron chi connectivity index (χ4n) is 5.28. The summed E-state index contributed by atoms with van der Waals surface area (Å²) >= 11 is 0. The van der Waals surface area contributed by atoms with Gasteiger partial charge in [-0.3, -0.25) is 9.80 Å². The molecule has 2 saturated heterocycles. The van der Waals surface area contributed by atoms with E-state index >= 15 is 0 Å². The minimum Gasteiger partial charge on any atom is -0.459 e. The molecule has 0 N–H and O–H groups in total. The first kappa shape index (κ1) is 25.9. The number of piperidine rings is 1. The molecule has 0 spiro atoms. The number of anilines is 1. The third-order valence-electron chi connectivity index (χ3n) is 7.16. The molecule has 0 aliphatic carbocycles. The van der Waals surface area contributed by atoms with Crippen molar-refractivity contribution in [2.24, 2.45) is 0 Å². The van der Waals surface area contributed by atoms with Gasteiger partial charge in [0.15, 0.2) is 0 Å². The number of ether oxygens (including phenoxy) is 1. The highest BCUT2D eigenvalue weighted by Crippen LogP contribution is 2.28. The summed E-state index contributed by atoms with van der Waals surface area (Å²) in [5, 5.41) is 9.03. The van der Waals surface area contributed by atoms with E-state index < -0.39 is 11.6 Å². The van der Waals surface area contributed by atoms with Crippen LogP contribution in [0.5, 0.6) is 0 Å². The first-order chi connectivity index (χ1) is 17.2. The average Bonchev–Trinajstić information content (AvgIpc) is 2.89. The Bertz CT molecular complexity index is 1070. The highest BCUT2D eigenvalue weighted by atomic mass is 16.6. The number of benzene rings is 2. The Morgan fingerprint density at radius 2 is 1.58 bits per heavy atom. The van der Waals surface area contributed by atoms with E-state index in [4.69, 9.17) is 10.00 Å². The van der Waals surface area contributed by atoms with Crippen molar-refractivity contribution in [2.45, 2.75) is 51.3 Å². The summed E-state index contributed by atoms with van der Waals surface area (Å²) in [6.07, 6.45) is 2.05. The van der Waals surface area contributed by atoms with E-state index in [-0.39, 0.29) is 5.97 Å². The lowest BCUT2D eigenvalue weighted by atomic mass is 9.94. The molecule has 0 aromatic heterocycles. The van der Waals surface area contributed by atoms with Crippen LogP contribution in [0.1, 0.15) is 44.7 Å². The molecule has 6 nitrogen and oxygen atoms in total. The third kappa shape index (κ3) is 6.34. The maximum atomic E-state index is 13.3. The zero-order chi connectivity index (χ0) is 25.7. The molecule has 2 aromatic carbocycles. The van der Waals surface area contributed by atoms with Crippen LogP contribution in [-0.2, 0) is 9.53 Å². The summed E-state index contributed by atoms with van der Waals surface area (Å²) in [6, 6.07) is 20.1. The van der Waals surface area contributed by atoms with Crippen LogP contribution in [0.2, 0.25) is 0 Å². The molecular formula is C30H38N4O2. The molecule has 0 bridgehead atoms. The van der Waals surface area contributed by atoms with Crippen molar-refractivity contribution in [2.75, 3.05) is 44.2 Å². The number of nitrogens with zero attached hydrogens (tertiary/aromatic N) is 4. The van der Waals surface area contributed by atoms with Crippen LogP contribution in [0.4, 0.5) is 5.69 Å². The molecule has 6 heteroatoms. The van der Waals surface area contributed by atoms with E-state index in [1.165, 1.54) is 5.69 Å². The normalized spacial score (nSPS) is 18.9. The Morgan fingerprint density at radius 1 is 0.972 bits per heavy atom. The zero-order valence-corrected chi connectivity index (χ0v) is 21.8. The first-order valence-corrected chi connectivity index (χ1v) is 13.0. The molecule has 2 heterocycles. The van der Waals surface area contributed by atoms with Gasteiger partial charge in [0.25, 0.3) is 0 Å². The zero-order valence-electron chi connectivity index (χ0n) is 21.8. The van der Waals surface area contributed by atoms with Crippen LogP contribution in [-0.4, -0.2) is 72.7 Å². The van der Waals surface area contributed by atoms with Gasteiger partial charge >= 0.3 is 5.97 Å². The van der Waals surface area contributed by atoms with E-state index in [1.807, 2.05) is 75.4 Å². The summed E-state index contributed by atoms with van der Waals surface area (Å²) in [5.41, 5.74) is 3.12. The van der Waals surface area contributed by atoms with Crippen LogP contribution in [0.15, 0.2) is 61.2 Å². The Hall–Kier alpha value is -3.14. The lowest BCUT2D eigenvalue weighted by Crippen LogP contribution is -2.55. The number of esters is 1. The van der Waals surface area contributed by atoms with Crippen molar-refractivity contribution in [3.05, 3.63) is 72.3 Å². The number of carbonyl (C=O) groups is 1. The smallest absolute Gasteiger partial charge is 0.328 e. The Kier molecular flexibility index (Phi) is 8.13. The molecular weight excluding hydrogens is 448 g/mol. The SMILES string of the molecule is C=C(c1ccccc1)C(C(=O)OC(C)(C)C)N1CCC(N2CCN(c3ccc(C#N)cc3)CC2)CC1. The molecule has 2 aromatic rings. The highest BCUT2D eigenvalue weighted by Gasteiger charge is 2.36. The second kappa shape index (κ2) is 11.3. The molecule has 0 radical (unpaired) electrons. The van der Waals surface area contributed by atoms with E-state index in [9.17, 15) is 4.79 Å². The molecule has 36 heavy (non-hydrogen) atoms. The highest BCUT2D eigenvalue weighted by molar-refractivity contribution is 5.92. The quantitative estimate of drug-likeness (QED) is 0.558. The summed E-state index contributed by atoms with van der Waals surface area (Å²) < 4.78 is 5.83. The van der Waals surface area contributed by atoms with Crippen LogP contribution in [0.25, 0.3) is 5.57 Å². The summed E-state index contributed by atoms with van der Waals surface area (Å²) in [6.45, 7) is 15.8. The van der Waals surface area contributed by atoms with Crippen molar-refractivity contribution < 1.29 is 9.53 Å². The van der Waals surface area contributed by atoms with Gasteiger partial charge in [0.2, 0.25) is 0 Å². The molecule has 4 rings (SSSR count). The predicted molar refractivity (Wildman–Crippen MR) is 145 cm³/mol. The fraction of sp³-hybridized carbons (Fsp3) is 0.467. The van der Waals surface area contributed by atoms with Gasteiger partial charge in [0.05, 0.1) is 11.6 Å². The fourth-order valence-corrected chi connectivity index (χ4v) is 5.28. The number of hydrogen-bond acceptors (Lipinski definition) is 6. The van der Waals surface area contributed by atoms with Crippen molar-refractivity contribution in [3.8, 4) is 6.07 Å². The maximum absolute atomic E-state index is 13.3. The number of hydrogen-bond donors (Lipinski definition) is 0. The van der Waals surface area contributed by atoms with Crippen molar-refractivity contribution in [1.82, 2.24) is 9.80 Å². The molecule has 0 saturated carbocycles. The van der Waals surface area contributed by atoms with Gasteiger partial charge < -0.3 is 9.64 Å². The Balaban J connectivity index is 1.36. The van der Waals surface area contributed by atoms with Crippen LogP contribution < -0.4 is 4.90 Å². The Morgan fingerprint density at radius 3 is 2.14 bits per heavy atom. The monoisotopic (exact) mass is 486 g/mol.